The summed E-state index contributed by atoms with van der Waals surface area (Å²) in [5.74, 6) is 0.112. The van der Waals surface area contributed by atoms with Gasteiger partial charge in [0.1, 0.15) is 11.5 Å². The summed E-state index contributed by atoms with van der Waals surface area (Å²) >= 11 is 0. The fourth-order valence-electron chi connectivity index (χ4n) is 1.03. The highest BCUT2D eigenvalue weighted by atomic mass is 19.4. The summed E-state index contributed by atoms with van der Waals surface area (Å²) in [5.41, 5.74) is 0. The summed E-state index contributed by atoms with van der Waals surface area (Å²) in [7, 11) is 0. The number of aliphatic hydroxyl groups excluding tert-OH is 1. The van der Waals surface area contributed by atoms with Crippen molar-refractivity contribution in [3.63, 3.8) is 0 Å². The van der Waals surface area contributed by atoms with Crippen LogP contribution < -0.4 is 9.47 Å². The van der Waals surface area contributed by atoms with E-state index < -0.39 is 6.36 Å². The van der Waals surface area contributed by atoms with Gasteiger partial charge < -0.3 is 14.6 Å². The Kier molecular flexibility index (Phi) is 4.62. The van der Waals surface area contributed by atoms with Gasteiger partial charge in [-0.05, 0) is 24.3 Å². The Hall–Kier alpha value is -1.43. The van der Waals surface area contributed by atoms with Gasteiger partial charge >= 0.3 is 6.36 Å². The number of ether oxygens (including phenoxy) is 2. The van der Waals surface area contributed by atoms with Crippen LogP contribution in [0.1, 0.15) is 6.92 Å². The summed E-state index contributed by atoms with van der Waals surface area (Å²) < 4.78 is 44.5. The molecule has 0 bridgehead atoms. The van der Waals surface area contributed by atoms with E-state index in [4.69, 9.17) is 9.84 Å². The van der Waals surface area contributed by atoms with E-state index in [1.165, 1.54) is 24.3 Å². The molecular formula is C11H13F3O3. The normalized spacial score (nSPS) is 13.2. The number of rotatable bonds is 5. The zero-order chi connectivity index (χ0) is 12.9. The van der Waals surface area contributed by atoms with Crippen LogP contribution in [0.3, 0.4) is 0 Å². The monoisotopic (exact) mass is 250 g/mol. The summed E-state index contributed by atoms with van der Waals surface area (Å²) in [6.07, 6.45) is -4.69. The lowest BCUT2D eigenvalue weighted by Crippen LogP contribution is -2.17. The second-order valence-electron chi connectivity index (χ2n) is 3.62. The predicted octanol–water partition coefficient (Wildman–Crippen LogP) is 2.59. The molecule has 0 unspecified atom stereocenters. The Morgan fingerprint density at radius 2 is 1.71 bits per heavy atom. The van der Waals surface area contributed by atoms with Gasteiger partial charge in [-0.3, -0.25) is 0 Å². The van der Waals surface area contributed by atoms with Crippen molar-refractivity contribution in [3.8, 4) is 11.5 Å². The Morgan fingerprint density at radius 1 is 1.18 bits per heavy atom. The largest absolute Gasteiger partial charge is 0.573 e. The lowest BCUT2D eigenvalue weighted by atomic mass is 10.2. The van der Waals surface area contributed by atoms with Crippen molar-refractivity contribution in [2.75, 3.05) is 13.2 Å². The summed E-state index contributed by atoms with van der Waals surface area (Å²) in [5, 5.41) is 8.76. The Morgan fingerprint density at radius 3 is 2.18 bits per heavy atom. The Labute approximate surface area is 96.8 Å². The van der Waals surface area contributed by atoms with E-state index in [2.05, 4.69) is 4.74 Å². The van der Waals surface area contributed by atoms with Crippen LogP contribution >= 0.6 is 0 Å². The van der Waals surface area contributed by atoms with E-state index in [1.54, 1.807) is 6.92 Å². The molecule has 0 aliphatic carbocycles. The van der Waals surface area contributed by atoms with Crippen LogP contribution in [-0.4, -0.2) is 24.7 Å². The smallest absolute Gasteiger partial charge is 0.493 e. The highest BCUT2D eigenvalue weighted by Crippen LogP contribution is 2.24. The molecule has 96 valence electrons. The van der Waals surface area contributed by atoms with Crippen molar-refractivity contribution in [1.82, 2.24) is 0 Å². The average Bonchev–Trinajstić information content (AvgIpc) is 2.25. The standard InChI is InChI=1S/C11H13F3O3/c1-8(6-15)7-16-9-2-4-10(5-3-9)17-11(12,13)14/h2-5,8,15H,6-7H2,1H3/t8-/m1/s1. The number of hydrogen-bond donors (Lipinski definition) is 1. The molecule has 0 saturated carbocycles. The Balaban J connectivity index is 2.50. The van der Waals surface area contributed by atoms with E-state index >= 15 is 0 Å². The van der Waals surface area contributed by atoms with Crippen molar-refractivity contribution in [3.05, 3.63) is 24.3 Å². The third kappa shape index (κ3) is 5.44. The first-order valence-electron chi connectivity index (χ1n) is 5.00. The molecule has 1 aromatic carbocycles. The lowest BCUT2D eigenvalue weighted by molar-refractivity contribution is -0.274. The first-order valence-corrected chi connectivity index (χ1v) is 5.00. The molecule has 1 atom stereocenters. The lowest BCUT2D eigenvalue weighted by Gasteiger charge is -2.12. The topological polar surface area (TPSA) is 38.7 Å². The van der Waals surface area contributed by atoms with Gasteiger partial charge in [-0.15, -0.1) is 13.2 Å². The molecule has 0 saturated heterocycles. The molecule has 17 heavy (non-hydrogen) atoms. The third-order valence-electron chi connectivity index (χ3n) is 1.90. The van der Waals surface area contributed by atoms with Gasteiger partial charge in [0.2, 0.25) is 0 Å². The fourth-order valence-corrected chi connectivity index (χ4v) is 1.03. The van der Waals surface area contributed by atoms with Crippen molar-refractivity contribution in [1.29, 1.82) is 0 Å². The summed E-state index contributed by atoms with van der Waals surface area (Å²) in [6, 6.07) is 5.11. The Bertz CT molecular complexity index is 335. The number of benzene rings is 1. The first-order chi connectivity index (χ1) is 7.90. The molecule has 1 rings (SSSR count). The van der Waals surface area contributed by atoms with Gasteiger partial charge in [-0.1, -0.05) is 6.92 Å². The van der Waals surface area contributed by atoms with E-state index in [9.17, 15) is 13.2 Å². The molecule has 1 aromatic rings. The maximum Gasteiger partial charge on any atom is 0.573 e. The zero-order valence-corrected chi connectivity index (χ0v) is 9.20. The fraction of sp³-hybridized carbons (Fsp3) is 0.455. The van der Waals surface area contributed by atoms with Crippen LogP contribution in [0.2, 0.25) is 0 Å². The molecule has 0 aromatic heterocycles. The molecule has 0 heterocycles. The van der Waals surface area contributed by atoms with Crippen molar-refractivity contribution in [2.45, 2.75) is 13.3 Å². The van der Waals surface area contributed by atoms with Crippen LogP contribution in [-0.2, 0) is 0 Å². The van der Waals surface area contributed by atoms with Crippen LogP contribution in [0.25, 0.3) is 0 Å². The predicted molar refractivity (Wildman–Crippen MR) is 54.9 cm³/mol. The molecule has 0 radical (unpaired) electrons. The maximum atomic E-state index is 11.9. The van der Waals surface area contributed by atoms with Crippen LogP contribution in [0.5, 0.6) is 11.5 Å². The number of hydrogen-bond acceptors (Lipinski definition) is 3. The molecule has 0 spiro atoms. The van der Waals surface area contributed by atoms with Crippen molar-refractivity contribution < 1.29 is 27.8 Å². The van der Waals surface area contributed by atoms with Gasteiger partial charge in [0, 0.05) is 12.5 Å². The van der Waals surface area contributed by atoms with Gasteiger partial charge in [-0.2, -0.15) is 0 Å². The SMILES string of the molecule is C[C@H](CO)COc1ccc(OC(F)(F)F)cc1. The van der Waals surface area contributed by atoms with E-state index in [0.29, 0.717) is 12.4 Å². The van der Waals surface area contributed by atoms with Gasteiger partial charge in [0.25, 0.3) is 0 Å². The average molecular weight is 250 g/mol. The molecule has 3 nitrogen and oxygen atoms in total. The second kappa shape index (κ2) is 5.77. The number of aliphatic hydroxyl groups is 1. The first kappa shape index (κ1) is 13.6. The highest BCUT2D eigenvalue weighted by molar-refractivity contribution is 5.31. The van der Waals surface area contributed by atoms with Gasteiger partial charge in [-0.25, -0.2) is 0 Å². The molecule has 6 heteroatoms. The van der Waals surface area contributed by atoms with Gasteiger partial charge in [0.15, 0.2) is 0 Å². The molecule has 1 N–H and O–H groups in total. The molecule has 0 aliphatic rings. The summed E-state index contributed by atoms with van der Waals surface area (Å²) in [4.78, 5) is 0. The molecule has 0 fully saturated rings. The van der Waals surface area contributed by atoms with Crippen LogP contribution in [0.15, 0.2) is 24.3 Å². The number of alkyl halides is 3. The van der Waals surface area contributed by atoms with Crippen molar-refractivity contribution in [2.24, 2.45) is 5.92 Å². The third-order valence-corrected chi connectivity index (χ3v) is 1.90. The van der Waals surface area contributed by atoms with E-state index in [1.807, 2.05) is 0 Å². The molecular weight excluding hydrogens is 237 g/mol. The number of halogens is 3. The van der Waals surface area contributed by atoms with Gasteiger partial charge in [0.05, 0.1) is 6.61 Å². The minimum atomic E-state index is -4.69. The quantitative estimate of drug-likeness (QED) is 0.873. The van der Waals surface area contributed by atoms with Crippen LogP contribution in [0, 0.1) is 5.92 Å². The molecule has 0 amide bonds. The van der Waals surface area contributed by atoms with E-state index in [-0.39, 0.29) is 18.3 Å². The van der Waals surface area contributed by atoms with Crippen LogP contribution in [0.4, 0.5) is 13.2 Å². The van der Waals surface area contributed by atoms with E-state index in [0.717, 1.165) is 0 Å². The highest BCUT2D eigenvalue weighted by Gasteiger charge is 2.30. The summed E-state index contributed by atoms with van der Waals surface area (Å²) in [6.45, 7) is 2.09. The molecule has 0 aliphatic heterocycles. The minimum absolute atomic E-state index is 0.00469. The second-order valence-corrected chi connectivity index (χ2v) is 3.62. The van der Waals surface area contributed by atoms with Crippen molar-refractivity contribution >= 4 is 0 Å². The minimum Gasteiger partial charge on any atom is -0.493 e. The maximum absolute atomic E-state index is 11.9. The zero-order valence-electron chi connectivity index (χ0n) is 9.20.